The highest BCUT2D eigenvalue weighted by Crippen LogP contribution is 2.22. The van der Waals surface area contributed by atoms with Gasteiger partial charge < -0.3 is 9.47 Å². The summed E-state index contributed by atoms with van der Waals surface area (Å²) < 4.78 is 32.1. The van der Waals surface area contributed by atoms with Crippen molar-refractivity contribution in [1.82, 2.24) is 0 Å². The van der Waals surface area contributed by atoms with E-state index in [-0.39, 0.29) is 11.9 Å². The molecule has 1 saturated heterocycles. The lowest BCUT2D eigenvalue weighted by Crippen LogP contribution is -2.39. The van der Waals surface area contributed by atoms with Crippen LogP contribution in [0.15, 0.2) is 0 Å². The molecule has 1 aliphatic rings. The van der Waals surface area contributed by atoms with Crippen LogP contribution >= 0.6 is 10.7 Å². The van der Waals surface area contributed by atoms with Crippen molar-refractivity contribution in [3.05, 3.63) is 0 Å². The summed E-state index contributed by atoms with van der Waals surface area (Å²) in [6.07, 6.45) is 0.118. The Morgan fingerprint density at radius 3 is 2.43 bits per heavy atom. The summed E-state index contributed by atoms with van der Waals surface area (Å²) in [5, 5.41) is 0. The summed E-state index contributed by atoms with van der Waals surface area (Å²) in [5.74, 6) is -0.0743. The summed E-state index contributed by atoms with van der Waals surface area (Å²) >= 11 is 0. The third-order valence-corrected chi connectivity index (χ3v) is 3.33. The van der Waals surface area contributed by atoms with E-state index in [1.807, 2.05) is 13.8 Å². The Labute approximate surface area is 88.9 Å². The summed E-state index contributed by atoms with van der Waals surface area (Å²) in [6.45, 7) is 5.21. The lowest BCUT2D eigenvalue weighted by atomic mass is 9.98. The molecule has 0 aromatic rings. The molecule has 4 nitrogen and oxygen atoms in total. The van der Waals surface area contributed by atoms with Gasteiger partial charge in [0.15, 0.2) is 0 Å². The molecule has 0 spiro atoms. The monoisotopic (exact) mass is 242 g/mol. The fourth-order valence-electron chi connectivity index (χ4n) is 1.16. The first-order chi connectivity index (χ1) is 6.29. The first kappa shape index (κ1) is 12.2. The molecule has 0 saturated carbocycles. The third-order valence-electron chi connectivity index (χ3n) is 1.88. The highest BCUT2D eigenvalue weighted by atomic mass is 35.7. The van der Waals surface area contributed by atoms with Crippen LogP contribution in [0, 0.1) is 5.41 Å². The van der Waals surface area contributed by atoms with Crippen molar-refractivity contribution in [3.63, 3.8) is 0 Å². The quantitative estimate of drug-likeness (QED) is 0.675. The molecule has 14 heavy (non-hydrogen) atoms. The summed E-state index contributed by atoms with van der Waals surface area (Å²) in [4.78, 5) is 0. The van der Waals surface area contributed by atoms with Gasteiger partial charge in [0.2, 0.25) is 9.05 Å². The van der Waals surface area contributed by atoms with Crippen molar-refractivity contribution in [2.75, 3.05) is 25.6 Å². The molecule has 0 bridgehead atoms. The Balaban J connectivity index is 2.32. The van der Waals surface area contributed by atoms with Crippen molar-refractivity contribution in [3.8, 4) is 0 Å². The van der Waals surface area contributed by atoms with Gasteiger partial charge in [0, 0.05) is 16.1 Å². The molecule has 1 heterocycles. The van der Waals surface area contributed by atoms with Crippen molar-refractivity contribution in [2.24, 2.45) is 5.41 Å². The van der Waals surface area contributed by atoms with Gasteiger partial charge >= 0.3 is 0 Å². The van der Waals surface area contributed by atoms with Crippen LogP contribution in [0.25, 0.3) is 0 Å². The minimum Gasteiger partial charge on any atom is -0.376 e. The minimum atomic E-state index is -3.46. The number of hydrogen-bond acceptors (Lipinski definition) is 4. The summed E-state index contributed by atoms with van der Waals surface area (Å²) in [5.41, 5.74) is -0.448. The molecule has 0 amide bonds. The number of halogens is 1. The normalized spacial score (nSPS) is 19.4. The van der Waals surface area contributed by atoms with Gasteiger partial charge in [-0.25, -0.2) is 8.42 Å². The van der Waals surface area contributed by atoms with E-state index >= 15 is 0 Å². The summed E-state index contributed by atoms with van der Waals surface area (Å²) in [7, 11) is 1.72. The zero-order valence-electron chi connectivity index (χ0n) is 8.32. The van der Waals surface area contributed by atoms with Crippen LogP contribution < -0.4 is 0 Å². The average Bonchev–Trinajstić information content (AvgIpc) is 1.75. The van der Waals surface area contributed by atoms with Crippen LogP contribution in [0.3, 0.4) is 0 Å². The van der Waals surface area contributed by atoms with Gasteiger partial charge in [0.25, 0.3) is 0 Å². The second kappa shape index (κ2) is 4.35. The molecule has 1 rings (SSSR count). The second-order valence-electron chi connectivity index (χ2n) is 4.32. The smallest absolute Gasteiger partial charge is 0.233 e. The largest absolute Gasteiger partial charge is 0.376 e. The molecule has 0 unspecified atom stereocenters. The van der Waals surface area contributed by atoms with Gasteiger partial charge in [-0.2, -0.15) is 0 Å². The van der Waals surface area contributed by atoms with Crippen molar-refractivity contribution in [1.29, 1.82) is 0 Å². The Kier molecular flexibility index (Phi) is 3.80. The Bertz CT molecular complexity index is 282. The highest BCUT2D eigenvalue weighted by molar-refractivity contribution is 8.13. The molecular formula is C8H15ClO4S. The van der Waals surface area contributed by atoms with Crippen LogP contribution in [0.2, 0.25) is 0 Å². The van der Waals surface area contributed by atoms with E-state index < -0.39 is 14.5 Å². The zero-order chi connectivity index (χ0) is 10.8. The maximum Gasteiger partial charge on any atom is 0.233 e. The Morgan fingerprint density at radius 2 is 2.07 bits per heavy atom. The topological polar surface area (TPSA) is 52.6 Å². The van der Waals surface area contributed by atoms with E-state index in [4.69, 9.17) is 20.2 Å². The second-order valence-corrected chi connectivity index (χ2v) is 7.09. The number of rotatable bonds is 5. The van der Waals surface area contributed by atoms with E-state index in [2.05, 4.69) is 0 Å². The lowest BCUT2D eigenvalue weighted by Gasteiger charge is -2.30. The predicted octanol–water partition coefficient (Wildman–Crippen LogP) is 0.997. The lowest BCUT2D eigenvalue weighted by molar-refractivity contribution is -0.141. The molecule has 0 aliphatic carbocycles. The molecule has 6 heteroatoms. The third kappa shape index (κ3) is 4.59. The maximum atomic E-state index is 10.9. The SMILES string of the molecule is CC(C)(COC1COC1)CS(=O)(=O)Cl. The average molecular weight is 243 g/mol. The minimum absolute atomic E-state index is 0.0743. The van der Waals surface area contributed by atoms with E-state index in [0.29, 0.717) is 19.8 Å². The molecule has 0 radical (unpaired) electrons. The van der Waals surface area contributed by atoms with Crippen molar-refractivity contribution in [2.45, 2.75) is 20.0 Å². The molecule has 1 aliphatic heterocycles. The first-order valence-electron chi connectivity index (χ1n) is 4.40. The van der Waals surface area contributed by atoms with E-state index in [9.17, 15) is 8.42 Å². The van der Waals surface area contributed by atoms with Crippen LogP contribution in [0.4, 0.5) is 0 Å². The number of hydrogen-bond donors (Lipinski definition) is 0. The highest BCUT2D eigenvalue weighted by Gasteiger charge is 2.28. The molecule has 1 fully saturated rings. The van der Waals surface area contributed by atoms with Crippen molar-refractivity contribution < 1.29 is 17.9 Å². The Hall–Kier alpha value is 0.160. The maximum absolute atomic E-state index is 10.9. The van der Waals surface area contributed by atoms with Crippen LogP contribution in [0.1, 0.15) is 13.8 Å². The van der Waals surface area contributed by atoms with Gasteiger partial charge in [-0.1, -0.05) is 13.8 Å². The fraction of sp³-hybridized carbons (Fsp3) is 1.00. The van der Waals surface area contributed by atoms with Gasteiger partial charge in [-0.15, -0.1) is 0 Å². The number of ether oxygens (including phenoxy) is 2. The van der Waals surface area contributed by atoms with Gasteiger partial charge in [0.1, 0.15) is 6.10 Å². The molecular weight excluding hydrogens is 228 g/mol. The molecule has 0 aromatic heterocycles. The standard InChI is InChI=1S/C8H15ClO4S/c1-8(2,6-14(9,10)11)5-13-7-3-12-4-7/h7H,3-6H2,1-2H3. The van der Waals surface area contributed by atoms with E-state index in [1.165, 1.54) is 0 Å². The van der Waals surface area contributed by atoms with Gasteiger partial charge in [0.05, 0.1) is 25.6 Å². The van der Waals surface area contributed by atoms with Crippen LogP contribution in [-0.4, -0.2) is 40.1 Å². The Morgan fingerprint density at radius 1 is 1.50 bits per heavy atom. The van der Waals surface area contributed by atoms with Crippen LogP contribution in [-0.2, 0) is 18.5 Å². The zero-order valence-corrected chi connectivity index (χ0v) is 9.90. The first-order valence-corrected chi connectivity index (χ1v) is 6.88. The van der Waals surface area contributed by atoms with E-state index in [0.717, 1.165) is 0 Å². The van der Waals surface area contributed by atoms with Gasteiger partial charge in [-0.05, 0) is 0 Å². The molecule has 0 aromatic carbocycles. The molecule has 84 valence electrons. The predicted molar refractivity (Wildman–Crippen MR) is 54.0 cm³/mol. The van der Waals surface area contributed by atoms with Crippen LogP contribution in [0.5, 0.6) is 0 Å². The molecule has 0 N–H and O–H groups in total. The van der Waals surface area contributed by atoms with E-state index in [1.54, 1.807) is 0 Å². The van der Waals surface area contributed by atoms with Crippen molar-refractivity contribution >= 4 is 19.7 Å². The molecule has 0 atom stereocenters. The summed E-state index contributed by atoms with van der Waals surface area (Å²) in [6, 6.07) is 0. The fourth-order valence-corrected chi connectivity index (χ4v) is 3.07. The van der Waals surface area contributed by atoms with Gasteiger partial charge in [-0.3, -0.25) is 0 Å².